The summed E-state index contributed by atoms with van der Waals surface area (Å²) in [7, 11) is 1.85. The summed E-state index contributed by atoms with van der Waals surface area (Å²) in [4.78, 5) is 8.55. The molecule has 0 aromatic carbocycles. The van der Waals surface area contributed by atoms with Crippen molar-refractivity contribution < 1.29 is 0 Å². The second kappa shape index (κ2) is 3.96. The molecule has 0 unspecified atom stereocenters. The fourth-order valence-electron chi connectivity index (χ4n) is 1.81. The Bertz CT molecular complexity index is 734. The third-order valence-corrected chi connectivity index (χ3v) is 2.95. The maximum absolute atomic E-state index is 6.18. The van der Waals surface area contributed by atoms with Crippen LogP contribution in [0.5, 0.6) is 0 Å². The van der Waals surface area contributed by atoms with Gasteiger partial charge in [-0.1, -0.05) is 11.6 Å². The van der Waals surface area contributed by atoms with Gasteiger partial charge in [0.15, 0.2) is 0 Å². The molecule has 0 atom stereocenters. The smallest absolute Gasteiger partial charge is 0.137 e. The van der Waals surface area contributed by atoms with Gasteiger partial charge >= 0.3 is 0 Å². The van der Waals surface area contributed by atoms with Crippen molar-refractivity contribution >= 4 is 28.5 Å². The van der Waals surface area contributed by atoms with E-state index in [9.17, 15) is 0 Å². The van der Waals surface area contributed by atoms with Crippen LogP contribution in [-0.4, -0.2) is 19.7 Å². The zero-order valence-corrected chi connectivity index (χ0v) is 10.4. The van der Waals surface area contributed by atoms with Crippen LogP contribution in [0.1, 0.15) is 0 Å². The fourth-order valence-corrected chi connectivity index (χ4v) is 2.06. The van der Waals surface area contributed by atoms with E-state index >= 15 is 0 Å². The number of nitrogens with two attached hydrogens (primary N) is 1. The van der Waals surface area contributed by atoms with E-state index in [0.717, 1.165) is 22.2 Å². The van der Waals surface area contributed by atoms with E-state index in [1.165, 1.54) is 0 Å². The van der Waals surface area contributed by atoms with Crippen LogP contribution in [-0.2, 0) is 7.05 Å². The van der Waals surface area contributed by atoms with Gasteiger partial charge in [0.05, 0.1) is 17.2 Å². The minimum atomic E-state index is 0.432. The SMILES string of the molecule is Cn1cc(-c2cc3nc(N)ccc3nc2Cl)cn1. The topological polar surface area (TPSA) is 69.6 Å². The fraction of sp³-hybridized carbons (Fsp3) is 0.0833. The molecule has 3 rings (SSSR count). The zero-order valence-electron chi connectivity index (χ0n) is 9.63. The minimum absolute atomic E-state index is 0.432. The number of hydrogen-bond donors (Lipinski definition) is 1. The highest BCUT2D eigenvalue weighted by molar-refractivity contribution is 6.32. The van der Waals surface area contributed by atoms with E-state index in [4.69, 9.17) is 17.3 Å². The Balaban J connectivity index is 2.26. The largest absolute Gasteiger partial charge is 0.384 e. The van der Waals surface area contributed by atoms with Gasteiger partial charge in [0, 0.05) is 24.4 Å². The van der Waals surface area contributed by atoms with Gasteiger partial charge in [0.2, 0.25) is 0 Å². The van der Waals surface area contributed by atoms with Crippen molar-refractivity contribution in [3.63, 3.8) is 0 Å². The molecule has 0 saturated carbocycles. The van der Waals surface area contributed by atoms with Crippen LogP contribution >= 0.6 is 11.6 Å². The minimum Gasteiger partial charge on any atom is -0.384 e. The molecule has 3 aromatic rings. The first-order chi connectivity index (χ1) is 8.63. The third-order valence-electron chi connectivity index (χ3n) is 2.66. The molecular formula is C12H10ClN5. The number of halogens is 1. The van der Waals surface area contributed by atoms with Gasteiger partial charge in [-0.05, 0) is 18.2 Å². The van der Waals surface area contributed by atoms with E-state index in [-0.39, 0.29) is 0 Å². The van der Waals surface area contributed by atoms with Crippen LogP contribution in [0, 0.1) is 0 Å². The molecule has 0 amide bonds. The van der Waals surface area contributed by atoms with Crippen LogP contribution < -0.4 is 5.73 Å². The Morgan fingerprint density at radius 1 is 1.22 bits per heavy atom. The number of pyridine rings is 2. The molecule has 90 valence electrons. The van der Waals surface area contributed by atoms with Crippen molar-refractivity contribution in [1.29, 1.82) is 0 Å². The van der Waals surface area contributed by atoms with Gasteiger partial charge < -0.3 is 5.73 Å². The van der Waals surface area contributed by atoms with Gasteiger partial charge in [-0.2, -0.15) is 5.10 Å². The lowest BCUT2D eigenvalue weighted by Crippen LogP contribution is -1.92. The van der Waals surface area contributed by atoms with Crippen LogP contribution in [0.25, 0.3) is 22.2 Å². The van der Waals surface area contributed by atoms with E-state index in [1.54, 1.807) is 23.0 Å². The highest BCUT2D eigenvalue weighted by atomic mass is 35.5. The van der Waals surface area contributed by atoms with E-state index in [1.807, 2.05) is 19.3 Å². The number of anilines is 1. The molecule has 0 bridgehead atoms. The predicted molar refractivity (Wildman–Crippen MR) is 71.2 cm³/mol. The summed E-state index contributed by atoms with van der Waals surface area (Å²) >= 11 is 6.18. The average Bonchev–Trinajstić information content (AvgIpc) is 2.75. The van der Waals surface area contributed by atoms with Gasteiger partial charge in [0.25, 0.3) is 0 Å². The van der Waals surface area contributed by atoms with Gasteiger partial charge in [-0.3, -0.25) is 4.68 Å². The number of nitrogen functional groups attached to an aromatic ring is 1. The van der Waals surface area contributed by atoms with Crippen LogP contribution in [0.4, 0.5) is 5.82 Å². The molecule has 18 heavy (non-hydrogen) atoms. The molecule has 3 heterocycles. The van der Waals surface area contributed by atoms with Crippen molar-refractivity contribution in [2.24, 2.45) is 7.05 Å². The maximum atomic E-state index is 6.18. The first kappa shape index (κ1) is 11.0. The van der Waals surface area contributed by atoms with Crippen molar-refractivity contribution in [3.05, 3.63) is 35.7 Å². The summed E-state index contributed by atoms with van der Waals surface area (Å²) in [6, 6.07) is 5.38. The second-order valence-electron chi connectivity index (χ2n) is 4.00. The molecule has 0 saturated heterocycles. The summed E-state index contributed by atoms with van der Waals surface area (Å²) in [6.45, 7) is 0. The Morgan fingerprint density at radius 3 is 2.78 bits per heavy atom. The summed E-state index contributed by atoms with van der Waals surface area (Å²) in [5.41, 5.74) is 8.82. The van der Waals surface area contributed by atoms with E-state index in [2.05, 4.69) is 15.1 Å². The summed E-state index contributed by atoms with van der Waals surface area (Å²) in [5.74, 6) is 0.462. The lowest BCUT2D eigenvalue weighted by molar-refractivity contribution is 0.768. The molecule has 0 radical (unpaired) electrons. The molecule has 0 fully saturated rings. The predicted octanol–water partition coefficient (Wildman–Crippen LogP) is 2.27. The Kier molecular flexibility index (Phi) is 2.41. The number of rotatable bonds is 1. The highest BCUT2D eigenvalue weighted by Crippen LogP contribution is 2.28. The number of nitrogens with zero attached hydrogens (tertiary/aromatic N) is 4. The molecule has 0 spiro atoms. The van der Waals surface area contributed by atoms with Crippen molar-refractivity contribution in [3.8, 4) is 11.1 Å². The van der Waals surface area contributed by atoms with Crippen LogP contribution in [0.3, 0.4) is 0 Å². The van der Waals surface area contributed by atoms with E-state index in [0.29, 0.717) is 11.0 Å². The van der Waals surface area contributed by atoms with Gasteiger partial charge in [-0.15, -0.1) is 0 Å². The van der Waals surface area contributed by atoms with Gasteiger partial charge in [-0.25, -0.2) is 9.97 Å². The molecule has 3 aromatic heterocycles. The first-order valence-electron chi connectivity index (χ1n) is 5.35. The van der Waals surface area contributed by atoms with Crippen LogP contribution in [0.2, 0.25) is 5.15 Å². The molecule has 6 heteroatoms. The lowest BCUT2D eigenvalue weighted by atomic mass is 10.1. The van der Waals surface area contributed by atoms with E-state index < -0.39 is 0 Å². The Labute approximate surface area is 108 Å². The van der Waals surface area contributed by atoms with Gasteiger partial charge in [0.1, 0.15) is 11.0 Å². The number of aryl methyl sites for hydroxylation is 1. The Morgan fingerprint density at radius 2 is 2.06 bits per heavy atom. The molecule has 0 aliphatic heterocycles. The molecule has 5 nitrogen and oxygen atoms in total. The summed E-state index contributed by atoms with van der Waals surface area (Å²) < 4.78 is 1.71. The maximum Gasteiger partial charge on any atom is 0.137 e. The zero-order chi connectivity index (χ0) is 12.7. The summed E-state index contributed by atoms with van der Waals surface area (Å²) in [5, 5.41) is 4.55. The number of hydrogen-bond acceptors (Lipinski definition) is 4. The average molecular weight is 260 g/mol. The van der Waals surface area contributed by atoms with Crippen LogP contribution in [0.15, 0.2) is 30.6 Å². The lowest BCUT2D eigenvalue weighted by Gasteiger charge is -2.04. The Hall–Kier alpha value is -2.14. The van der Waals surface area contributed by atoms with Crippen molar-refractivity contribution in [2.75, 3.05) is 5.73 Å². The van der Waals surface area contributed by atoms with Crippen molar-refractivity contribution in [1.82, 2.24) is 19.7 Å². The molecule has 2 N–H and O–H groups in total. The highest BCUT2D eigenvalue weighted by Gasteiger charge is 2.09. The molecule has 0 aliphatic carbocycles. The second-order valence-corrected chi connectivity index (χ2v) is 4.36. The number of aromatic nitrogens is 4. The van der Waals surface area contributed by atoms with Crippen molar-refractivity contribution in [2.45, 2.75) is 0 Å². The molecular weight excluding hydrogens is 250 g/mol. The first-order valence-corrected chi connectivity index (χ1v) is 5.73. The monoisotopic (exact) mass is 259 g/mol. The quantitative estimate of drug-likeness (QED) is 0.681. The third kappa shape index (κ3) is 1.78. The standard InChI is InChI=1S/C12H10ClN5/c1-18-6-7(5-15-18)8-4-10-9(17-12(8)13)2-3-11(14)16-10/h2-6H,1H3,(H2,14,16). The summed E-state index contributed by atoms with van der Waals surface area (Å²) in [6.07, 6.45) is 3.61. The number of fused-ring (bicyclic) bond motifs is 1. The molecule has 0 aliphatic rings. The normalized spacial score (nSPS) is 11.0.